The lowest BCUT2D eigenvalue weighted by atomic mass is 9.75. The normalized spacial score (nSPS) is 37.3. The average Bonchev–Trinajstić information content (AvgIpc) is 2.76. The molecule has 0 aromatic carbocycles. The van der Waals surface area contributed by atoms with Gasteiger partial charge in [0.1, 0.15) is 0 Å². The van der Waals surface area contributed by atoms with Crippen LogP contribution < -0.4 is 5.32 Å². The quantitative estimate of drug-likeness (QED) is 0.806. The molecule has 0 aliphatic carbocycles. The molecule has 0 bridgehead atoms. The molecule has 1 amide bonds. The van der Waals surface area contributed by atoms with Gasteiger partial charge in [-0.3, -0.25) is 4.79 Å². The average molecular weight is 254 g/mol. The van der Waals surface area contributed by atoms with Gasteiger partial charge in [-0.1, -0.05) is 13.8 Å². The molecule has 0 saturated carbocycles. The second kappa shape index (κ2) is 5.17. The maximum absolute atomic E-state index is 12.9. The van der Waals surface area contributed by atoms with Gasteiger partial charge in [0, 0.05) is 19.6 Å². The van der Waals surface area contributed by atoms with Crippen molar-refractivity contribution in [2.45, 2.75) is 46.3 Å². The predicted octanol–water partition coefficient (Wildman–Crippen LogP) is 1.26. The van der Waals surface area contributed by atoms with Crippen LogP contribution in [0.4, 0.5) is 0 Å². The summed E-state index contributed by atoms with van der Waals surface area (Å²) in [6.45, 7) is 11.7. The van der Waals surface area contributed by atoms with E-state index in [-0.39, 0.29) is 17.6 Å². The number of amides is 1. The van der Waals surface area contributed by atoms with Crippen molar-refractivity contribution in [2.75, 3.05) is 26.2 Å². The van der Waals surface area contributed by atoms with Gasteiger partial charge in [-0.2, -0.15) is 0 Å². The van der Waals surface area contributed by atoms with Gasteiger partial charge >= 0.3 is 0 Å². The van der Waals surface area contributed by atoms with Crippen molar-refractivity contribution in [1.29, 1.82) is 0 Å². The smallest absolute Gasteiger partial charge is 0.230 e. The third kappa shape index (κ3) is 2.41. The number of nitrogens with zero attached hydrogens (tertiary/aromatic N) is 1. The first-order valence-electron chi connectivity index (χ1n) is 7.11. The summed E-state index contributed by atoms with van der Waals surface area (Å²) in [6, 6.07) is 0. The maximum Gasteiger partial charge on any atom is 0.230 e. The lowest BCUT2D eigenvalue weighted by Gasteiger charge is -2.41. The van der Waals surface area contributed by atoms with Crippen molar-refractivity contribution in [3.8, 4) is 0 Å². The van der Waals surface area contributed by atoms with Crippen molar-refractivity contribution >= 4 is 5.91 Å². The zero-order valence-electron chi connectivity index (χ0n) is 12.0. The van der Waals surface area contributed by atoms with Crippen LogP contribution in [0.3, 0.4) is 0 Å². The van der Waals surface area contributed by atoms with Gasteiger partial charge in [0.05, 0.1) is 17.6 Å². The summed E-state index contributed by atoms with van der Waals surface area (Å²) in [5.74, 6) is 0.706. The van der Waals surface area contributed by atoms with Crippen molar-refractivity contribution < 1.29 is 9.53 Å². The van der Waals surface area contributed by atoms with E-state index in [1.54, 1.807) is 0 Å². The Morgan fingerprint density at radius 3 is 2.39 bits per heavy atom. The van der Waals surface area contributed by atoms with Crippen LogP contribution in [-0.4, -0.2) is 49.2 Å². The fraction of sp³-hybridized carbons (Fsp3) is 0.929. The van der Waals surface area contributed by atoms with Gasteiger partial charge in [0.25, 0.3) is 0 Å². The molecular weight excluding hydrogens is 228 g/mol. The topological polar surface area (TPSA) is 41.6 Å². The molecular formula is C14H26N2O2. The lowest BCUT2D eigenvalue weighted by Crippen LogP contribution is -2.55. The van der Waals surface area contributed by atoms with Gasteiger partial charge in [0.2, 0.25) is 5.91 Å². The van der Waals surface area contributed by atoms with Crippen molar-refractivity contribution in [2.24, 2.45) is 11.3 Å². The van der Waals surface area contributed by atoms with Crippen LogP contribution in [0.2, 0.25) is 0 Å². The Bertz CT molecular complexity index is 301. The molecule has 2 aliphatic rings. The Hall–Kier alpha value is -0.610. The minimum atomic E-state index is -0.198. The summed E-state index contributed by atoms with van der Waals surface area (Å²) in [7, 11) is 0. The van der Waals surface area contributed by atoms with Crippen molar-refractivity contribution in [3.05, 3.63) is 0 Å². The van der Waals surface area contributed by atoms with Crippen LogP contribution in [0, 0.1) is 11.3 Å². The van der Waals surface area contributed by atoms with E-state index in [0.29, 0.717) is 11.8 Å². The first-order valence-corrected chi connectivity index (χ1v) is 7.11. The molecule has 0 aromatic rings. The highest BCUT2D eigenvalue weighted by atomic mass is 16.5. The van der Waals surface area contributed by atoms with E-state index in [0.717, 1.165) is 32.6 Å². The van der Waals surface area contributed by atoms with E-state index >= 15 is 0 Å². The number of ether oxygens (including phenoxy) is 1. The molecule has 1 N–H and O–H groups in total. The SMILES string of the molecule is CC(C)C1(C(=O)N2C[C@@H](C)O[C@@H](C)C2)CCNC1. The minimum absolute atomic E-state index is 0.149. The molecule has 104 valence electrons. The Balaban J connectivity index is 2.13. The molecule has 0 spiro atoms. The number of nitrogens with one attached hydrogen (secondary N) is 1. The van der Waals surface area contributed by atoms with Crippen molar-refractivity contribution in [1.82, 2.24) is 10.2 Å². The van der Waals surface area contributed by atoms with Crippen LogP contribution in [-0.2, 0) is 9.53 Å². The molecule has 2 aliphatic heterocycles. The molecule has 4 nitrogen and oxygen atoms in total. The Kier molecular flexibility index (Phi) is 3.97. The molecule has 0 radical (unpaired) electrons. The molecule has 2 saturated heterocycles. The Labute approximate surface area is 110 Å². The monoisotopic (exact) mass is 254 g/mol. The van der Waals surface area contributed by atoms with Crippen LogP contribution in [0.1, 0.15) is 34.1 Å². The summed E-state index contributed by atoms with van der Waals surface area (Å²) in [5.41, 5.74) is -0.198. The van der Waals surface area contributed by atoms with E-state index in [2.05, 4.69) is 19.2 Å². The zero-order chi connectivity index (χ0) is 13.3. The second-order valence-corrected chi connectivity index (χ2v) is 6.21. The highest BCUT2D eigenvalue weighted by Crippen LogP contribution is 2.36. The lowest BCUT2D eigenvalue weighted by molar-refractivity contribution is -0.155. The third-order valence-corrected chi connectivity index (χ3v) is 4.43. The maximum atomic E-state index is 12.9. The van der Waals surface area contributed by atoms with Crippen molar-refractivity contribution in [3.63, 3.8) is 0 Å². The molecule has 1 unspecified atom stereocenters. The molecule has 3 atom stereocenters. The van der Waals surface area contributed by atoms with Crippen LogP contribution in [0.15, 0.2) is 0 Å². The van der Waals surface area contributed by atoms with Crippen LogP contribution >= 0.6 is 0 Å². The summed E-state index contributed by atoms with van der Waals surface area (Å²) in [4.78, 5) is 14.9. The molecule has 2 fully saturated rings. The third-order valence-electron chi connectivity index (χ3n) is 4.43. The Morgan fingerprint density at radius 2 is 1.94 bits per heavy atom. The number of rotatable bonds is 2. The van der Waals surface area contributed by atoms with E-state index in [9.17, 15) is 4.79 Å². The summed E-state index contributed by atoms with van der Waals surface area (Å²) >= 11 is 0. The minimum Gasteiger partial charge on any atom is -0.372 e. The highest BCUT2D eigenvalue weighted by Gasteiger charge is 2.47. The van der Waals surface area contributed by atoms with Crippen LogP contribution in [0.5, 0.6) is 0 Å². The summed E-state index contributed by atoms with van der Waals surface area (Å²) in [5, 5.41) is 3.36. The summed E-state index contributed by atoms with van der Waals surface area (Å²) in [6.07, 6.45) is 1.26. The Morgan fingerprint density at radius 1 is 1.33 bits per heavy atom. The number of morpholine rings is 1. The van der Waals surface area contributed by atoms with Gasteiger partial charge < -0.3 is 15.0 Å². The molecule has 0 aromatic heterocycles. The van der Waals surface area contributed by atoms with Crippen LogP contribution in [0.25, 0.3) is 0 Å². The molecule has 2 rings (SSSR count). The largest absolute Gasteiger partial charge is 0.372 e. The number of hydrogen-bond acceptors (Lipinski definition) is 3. The number of hydrogen-bond donors (Lipinski definition) is 1. The van der Waals surface area contributed by atoms with E-state index in [1.807, 2.05) is 18.7 Å². The van der Waals surface area contributed by atoms with E-state index in [1.165, 1.54) is 0 Å². The second-order valence-electron chi connectivity index (χ2n) is 6.21. The van der Waals surface area contributed by atoms with Gasteiger partial charge in [-0.15, -0.1) is 0 Å². The number of carbonyl (C=O) groups excluding carboxylic acids is 1. The van der Waals surface area contributed by atoms with Gasteiger partial charge in [-0.25, -0.2) is 0 Å². The fourth-order valence-electron chi connectivity index (χ4n) is 3.29. The van der Waals surface area contributed by atoms with Gasteiger partial charge in [-0.05, 0) is 32.7 Å². The van der Waals surface area contributed by atoms with E-state index < -0.39 is 0 Å². The summed E-state index contributed by atoms with van der Waals surface area (Å²) < 4.78 is 5.71. The molecule has 18 heavy (non-hydrogen) atoms. The highest BCUT2D eigenvalue weighted by molar-refractivity contribution is 5.84. The fourth-order valence-corrected chi connectivity index (χ4v) is 3.29. The number of carbonyl (C=O) groups is 1. The molecule has 4 heteroatoms. The first kappa shape index (κ1) is 13.8. The zero-order valence-corrected chi connectivity index (χ0v) is 12.0. The van der Waals surface area contributed by atoms with Gasteiger partial charge in [0.15, 0.2) is 0 Å². The van der Waals surface area contributed by atoms with E-state index in [4.69, 9.17) is 4.74 Å². The predicted molar refractivity (Wildman–Crippen MR) is 71.3 cm³/mol. The first-order chi connectivity index (χ1) is 8.45. The molecule has 2 heterocycles. The standard InChI is InChI=1S/C14H26N2O2/c1-10(2)14(5-6-15-9-14)13(17)16-7-11(3)18-12(4)8-16/h10-12,15H,5-9H2,1-4H3/t11-,12+,14?.